The Labute approximate surface area is 115 Å². The maximum atomic E-state index is 11.8. The first-order valence-electron chi connectivity index (χ1n) is 5.45. The van der Waals surface area contributed by atoms with Gasteiger partial charge in [0.25, 0.3) is 0 Å². The van der Waals surface area contributed by atoms with Crippen molar-refractivity contribution < 1.29 is 13.8 Å². The summed E-state index contributed by atoms with van der Waals surface area (Å²) in [6.45, 7) is -3.77. The van der Waals surface area contributed by atoms with E-state index < -0.39 is 6.95 Å². The third-order valence-electron chi connectivity index (χ3n) is 2.09. The minimum absolute atomic E-state index is 0.617. The molecule has 2 N–H and O–H groups in total. The van der Waals surface area contributed by atoms with Crippen LogP contribution in [-0.2, 0) is 13.8 Å². The molecular formula is C12H12ClN2O3P. The number of benzene rings is 2. The lowest BCUT2D eigenvalue weighted by atomic mass is 10.3. The van der Waals surface area contributed by atoms with Gasteiger partial charge in [-0.1, -0.05) is 36.4 Å². The van der Waals surface area contributed by atoms with Gasteiger partial charge in [-0.15, -0.1) is 0 Å². The van der Waals surface area contributed by atoms with Crippen molar-refractivity contribution in [2.24, 2.45) is 0 Å². The van der Waals surface area contributed by atoms with Gasteiger partial charge in [0.1, 0.15) is 0 Å². The fraction of sp³-hybridized carbons (Fsp3) is 0. The minimum Gasteiger partial charge on any atom is -0.257 e. The molecule has 0 atom stereocenters. The van der Waals surface area contributed by atoms with Crippen LogP contribution >= 0.6 is 18.2 Å². The molecule has 100 valence electrons. The van der Waals surface area contributed by atoms with Crippen molar-refractivity contribution in [2.75, 3.05) is 11.0 Å². The van der Waals surface area contributed by atoms with Crippen LogP contribution in [0.5, 0.6) is 0 Å². The highest BCUT2D eigenvalue weighted by Gasteiger charge is 2.22. The molecule has 0 aromatic heterocycles. The van der Waals surface area contributed by atoms with Crippen molar-refractivity contribution in [1.82, 2.24) is 0 Å². The fourth-order valence-corrected chi connectivity index (χ4v) is 1.92. The van der Waals surface area contributed by atoms with Gasteiger partial charge < -0.3 is 0 Å². The lowest BCUT2D eigenvalue weighted by molar-refractivity contribution is 0.287. The molecule has 7 heteroatoms. The molecule has 0 aliphatic carbocycles. The predicted octanol–water partition coefficient (Wildman–Crippen LogP) is 4.42. The first-order valence-corrected chi connectivity index (χ1v) is 7.89. The maximum absolute atomic E-state index is 11.8. The first kappa shape index (κ1) is 13.9. The van der Waals surface area contributed by atoms with Gasteiger partial charge in [0.15, 0.2) is 0 Å². The highest BCUT2D eigenvalue weighted by Crippen LogP contribution is 2.53. The maximum Gasteiger partial charge on any atom is 0.466 e. The monoisotopic (exact) mass is 298 g/mol. The zero-order chi connectivity index (χ0) is 13.6. The standard InChI is InChI=1S/C12H12ClN2O3P/c13-19(16,17-14-11-7-3-1-4-8-11)18-15-12-9-5-2-6-10-12/h1-10,14-15H. The Morgan fingerprint density at radius 3 is 1.53 bits per heavy atom. The number of nitrogens with one attached hydrogen (secondary N) is 2. The van der Waals surface area contributed by atoms with E-state index in [0.29, 0.717) is 11.4 Å². The molecule has 2 aromatic rings. The molecule has 0 heterocycles. The number of hydrogen-bond donors (Lipinski definition) is 2. The Morgan fingerprint density at radius 1 is 0.789 bits per heavy atom. The van der Waals surface area contributed by atoms with Crippen molar-refractivity contribution in [3.8, 4) is 0 Å². The molecule has 19 heavy (non-hydrogen) atoms. The van der Waals surface area contributed by atoms with Gasteiger partial charge in [0, 0.05) is 11.2 Å². The Balaban J connectivity index is 1.84. The van der Waals surface area contributed by atoms with Gasteiger partial charge in [0.05, 0.1) is 11.4 Å². The van der Waals surface area contributed by atoms with E-state index in [-0.39, 0.29) is 0 Å². The quantitative estimate of drug-likeness (QED) is 0.610. The highest BCUT2D eigenvalue weighted by molar-refractivity contribution is 7.81. The van der Waals surface area contributed by atoms with Crippen molar-refractivity contribution in [3.63, 3.8) is 0 Å². The molecular weight excluding hydrogens is 287 g/mol. The normalized spacial score (nSPS) is 11.0. The first-order chi connectivity index (χ1) is 9.16. The Kier molecular flexibility index (Phi) is 4.82. The molecule has 0 saturated carbocycles. The molecule has 0 spiro atoms. The second-order valence-electron chi connectivity index (χ2n) is 3.55. The molecule has 2 rings (SSSR count). The molecule has 0 unspecified atom stereocenters. The van der Waals surface area contributed by atoms with E-state index >= 15 is 0 Å². The SMILES string of the molecule is O=P(Cl)(ONc1ccccc1)ONc1ccccc1. The van der Waals surface area contributed by atoms with Crippen LogP contribution in [0.2, 0.25) is 0 Å². The zero-order valence-electron chi connectivity index (χ0n) is 9.82. The predicted molar refractivity (Wildman–Crippen MR) is 75.8 cm³/mol. The second-order valence-corrected chi connectivity index (χ2v) is 6.02. The van der Waals surface area contributed by atoms with Gasteiger partial charge in [-0.2, -0.15) is 9.25 Å². The largest absolute Gasteiger partial charge is 0.466 e. The molecule has 0 amide bonds. The summed E-state index contributed by atoms with van der Waals surface area (Å²) in [5, 5.41) is 0. The Hall–Kier alpha value is -1.52. The van der Waals surface area contributed by atoms with E-state index in [4.69, 9.17) is 20.5 Å². The van der Waals surface area contributed by atoms with Crippen molar-refractivity contribution in [3.05, 3.63) is 60.7 Å². The van der Waals surface area contributed by atoms with E-state index in [1.54, 1.807) is 48.5 Å². The Bertz CT molecular complexity index is 506. The number of hydrogen-bond acceptors (Lipinski definition) is 5. The summed E-state index contributed by atoms with van der Waals surface area (Å²) < 4.78 is 21.4. The second kappa shape index (κ2) is 6.59. The van der Waals surface area contributed by atoms with Gasteiger partial charge in [-0.05, 0) is 24.3 Å². The third-order valence-corrected chi connectivity index (χ3v) is 3.13. The Morgan fingerprint density at radius 2 is 1.16 bits per heavy atom. The molecule has 0 radical (unpaired) electrons. The summed E-state index contributed by atoms with van der Waals surface area (Å²) in [7, 11) is 0. The molecule has 0 saturated heterocycles. The summed E-state index contributed by atoms with van der Waals surface area (Å²) in [5.74, 6) is 0. The van der Waals surface area contributed by atoms with Crippen LogP contribution in [0.3, 0.4) is 0 Å². The van der Waals surface area contributed by atoms with E-state index in [1.165, 1.54) is 0 Å². The van der Waals surface area contributed by atoms with Gasteiger partial charge in [-0.25, -0.2) is 4.57 Å². The smallest absolute Gasteiger partial charge is 0.257 e. The van der Waals surface area contributed by atoms with Crippen LogP contribution in [0.4, 0.5) is 11.4 Å². The summed E-state index contributed by atoms with van der Waals surface area (Å²) in [6.07, 6.45) is 0. The van der Waals surface area contributed by atoms with Crippen LogP contribution in [0.25, 0.3) is 0 Å². The fourth-order valence-electron chi connectivity index (χ4n) is 1.25. The molecule has 2 aromatic carbocycles. The number of halogens is 1. The zero-order valence-corrected chi connectivity index (χ0v) is 11.5. The summed E-state index contributed by atoms with van der Waals surface area (Å²) in [6, 6.07) is 17.8. The van der Waals surface area contributed by atoms with E-state index in [2.05, 4.69) is 11.0 Å². The van der Waals surface area contributed by atoms with E-state index in [0.717, 1.165) is 0 Å². The summed E-state index contributed by atoms with van der Waals surface area (Å²) in [5.41, 5.74) is 6.16. The van der Waals surface area contributed by atoms with Crippen LogP contribution in [0, 0.1) is 0 Å². The topological polar surface area (TPSA) is 59.6 Å². The lowest BCUT2D eigenvalue weighted by Gasteiger charge is -2.13. The number of para-hydroxylation sites is 2. The molecule has 0 aliphatic rings. The summed E-state index contributed by atoms with van der Waals surface area (Å²) >= 11 is 5.62. The molecule has 5 nitrogen and oxygen atoms in total. The van der Waals surface area contributed by atoms with Crippen LogP contribution < -0.4 is 11.0 Å². The van der Waals surface area contributed by atoms with Gasteiger partial charge in [0.2, 0.25) is 0 Å². The van der Waals surface area contributed by atoms with Crippen LogP contribution in [-0.4, -0.2) is 0 Å². The average Bonchev–Trinajstić information content (AvgIpc) is 2.46. The van der Waals surface area contributed by atoms with Gasteiger partial charge >= 0.3 is 6.95 Å². The highest BCUT2D eigenvalue weighted by atomic mass is 35.7. The van der Waals surface area contributed by atoms with Crippen LogP contribution in [0.1, 0.15) is 0 Å². The molecule has 0 bridgehead atoms. The summed E-state index contributed by atoms with van der Waals surface area (Å²) in [4.78, 5) is 0. The minimum atomic E-state index is -3.77. The van der Waals surface area contributed by atoms with Gasteiger partial charge in [-0.3, -0.25) is 11.0 Å². The molecule has 0 aliphatic heterocycles. The van der Waals surface area contributed by atoms with E-state index in [9.17, 15) is 4.57 Å². The lowest BCUT2D eigenvalue weighted by Crippen LogP contribution is -2.03. The van der Waals surface area contributed by atoms with Crippen molar-refractivity contribution in [2.45, 2.75) is 0 Å². The number of rotatable bonds is 6. The van der Waals surface area contributed by atoms with E-state index in [1.807, 2.05) is 12.1 Å². The molecule has 0 fully saturated rings. The van der Waals surface area contributed by atoms with Crippen molar-refractivity contribution >= 4 is 29.6 Å². The average molecular weight is 299 g/mol. The number of anilines is 2. The van der Waals surface area contributed by atoms with Crippen molar-refractivity contribution in [1.29, 1.82) is 0 Å². The van der Waals surface area contributed by atoms with Crippen LogP contribution in [0.15, 0.2) is 60.7 Å². The third kappa shape index (κ3) is 4.93.